The summed E-state index contributed by atoms with van der Waals surface area (Å²) < 4.78 is 1.18. The zero-order valence-electron chi connectivity index (χ0n) is 7.65. The van der Waals surface area contributed by atoms with Crippen molar-refractivity contribution < 1.29 is 5.11 Å². The molecule has 0 atom stereocenters. The fourth-order valence-corrected chi connectivity index (χ4v) is 3.63. The Morgan fingerprint density at radius 2 is 2.29 bits per heavy atom. The molecule has 4 heteroatoms. The quantitative estimate of drug-likeness (QED) is 0.622. The predicted octanol–water partition coefficient (Wildman–Crippen LogP) is 3.40. The van der Waals surface area contributed by atoms with E-state index in [1.165, 1.54) is 15.0 Å². The third-order valence-electron chi connectivity index (χ3n) is 2.09. The monoisotopic (exact) mass is 242 g/mol. The van der Waals surface area contributed by atoms with Crippen LogP contribution in [0.25, 0.3) is 10.1 Å². The van der Waals surface area contributed by atoms with E-state index < -0.39 is 0 Å². The van der Waals surface area contributed by atoms with Crippen molar-refractivity contribution in [1.29, 1.82) is 0 Å². The second-order valence-corrected chi connectivity index (χ2v) is 5.19. The molecule has 1 nitrogen and oxygen atoms in total. The Hall–Kier alpha value is -0.160. The number of thiophene rings is 1. The summed E-state index contributed by atoms with van der Waals surface area (Å²) >= 11 is 7.74. The first-order valence-corrected chi connectivity index (χ1v) is 6.69. The molecule has 2 aromatic rings. The summed E-state index contributed by atoms with van der Waals surface area (Å²) in [4.78, 5) is 2.17. The Labute approximate surface area is 96.6 Å². The normalized spacial score (nSPS) is 11.1. The third-order valence-corrected chi connectivity index (χ3v) is 4.35. The molecule has 0 aliphatic heterocycles. The van der Waals surface area contributed by atoms with Gasteiger partial charge in [-0.05, 0) is 24.0 Å². The van der Waals surface area contributed by atoms with Crippen LogP contribution in [0.5, 0.6) is 0 Å². The molecule has 1 N–H and O–H groups in total. The van der Waals surface area contributed by atoms with Gasteiger partial charge in [-0.25, -0.2) is 0 Å². The van der Waals surface area contributed by atoms with Gasteiger partial charge in [-0.2, -0.15) is 0 Å². The second-order valence-electron chi connectivity index (χ2n) is 2.94. The average Bonchev–Trinajstić information content (AvgIpc) is 2.59. The molecule has 1 heterocycles. The Balaban J connectivity index is 2.76. The minimum absolute atomic E-state index is 0.0826. The number of thioether (sulfide) groups is 1. The summed E-state index contributed by atoms with van der Waals surface area (Å²) in [6, 6.07) is 3.98. The summed E-state index contributed by atoms with van der Waals surface area (Å²) in [5.41, 5.74) is 0.970. The van der Waals surface area contributed by atoms with E-state index in [4.69, 9.17) is 0 Å². The van der Waals surface area contributed by atoms with E-state index in [1.807, 2.05) is 6.07 Å². The van der Waals surface area contributed by atoms with Crippen LogP contribution in [0.1, 0.15) is 5.56 Å². The van der Waals surface area contributed by atoms with Crippen LogP contribution in [-0.2, 0) is 6.61 Å². The van der Waals surface area contributed by atoms with Crippen LogP contribution in [0.3, 0.4) is 0 Å². The number of aliphatic hydroxyl groups is 1. The predicted molar refractivity (Wildman–Crippen MR) is 66.8 cm³/mol. The van der Waals surface area contributed by atoms with Gasteiger partial charge in [0.1, 0.15) is 0 Å². The Kier molecular flexibility index (Phi) is 3.07. The molecular formula is C10H10OS3. The van der Waals surface area contributed by atoms with Crippen LogP contribution >= 0.6 is 35.7 Å². The molecule has 0 fully saturated rings. The van der Waals surface area contributed by atoms with E-state index in [9.17, 15) is 5.11 Å². The molecule has 0 bridgehead atoms. The van der Waals surface area contributed by atoms with Gasteiger partial charge in [-0.15, -0.1) is 35.7 Å². The lowest BCUT2D eigenvalue weighted by atomic mass is 10.2. The molecule has 0 saturated carbocycles. The molecule has 1 aromatic carbocycles. The Morgan fingerprint density at radius 1 is 1.50 bits per heavy atom. The highest BCUT2D eigenvalue weighted by Gasteiger charge is 2.07. The van der Waals surface area contributed by atoms with Gasteiger partial charge in [0.25, 0.3) is 0 Å². The number of benzene rings is 1. The largest absolute Gasteiger partial charge is 0.392 e. The molecule has 74 valence electrons. The molecule has 0 radical (unpaired) electrons. The molecule has 1 aromatic heterocycles. The van der Waals surface area contributed by atoms with E-state index in [-0.39, 0.29) is 6.61 Å². The molecular weight excluding hydrogens is 232 g/mol. The van der Waals surface area contributed by atoms with Crippen LogP contribution in [0.15, 0.2) is 27.3 Å². The van der Waals surface area contributed by atoms with Crippen molar-refractivity contribution >= 4 is 45.8 Å². The number of hydrogen-bond donors (Lipinski definition) is 2. The zero-order chi connectivity index (χ0) is 10.1. The molecule has 0 saturated heterocycles. The van der Waals surface area contributed by atoms with Crippen molar-refractivity contribution in [2.24, 2.45) is 0 Å². The second kappa shape index (κ2) is 4.14. The van der Waals surface area contributed by atoms with Gasteiger partial charge in [0.15, 0.2) is 0 Å². The lowest BCUT2D eigenvalue weighted by molar-refractivity contribution is 0.283. The van der Waals surface area contributed by atoms with Crippen molar-refractivity contribution in [2.45, 2.75) is 16.4 Å². The van der Waals surface area contributed by atoms with Crippen LogP contribution in [-0.4, -0.2) is 11.4 Å². The molecule has 0 amide bonds. The van der Waals surface area contributed by atoms with Gasteiger partial charge in [0.2, 0.25) is 0 Å². The first-order valence-electron chi connectivity index (χ1n) is 4.14. The van der Waals surface area contributed by atoms with E-state index >= 15 is 0 Å². The fraction of sp³-hybridized carbons (Fsp3) is 0.200. The van der Waals surface area contributed by atoms with Crippen molar-refractivity contribution in [3.8, 4) is 0 Å². The maximum absolute atomic E-state index is 9.21. The standard InChI is InChI=1S/C10H10OS3/c1-13-9-5-14-10-6(4-11)2-7(12)3-8(9)10/h2-3,5,11-12H,4H2,1H3. The van der Waals surface area contributed by atoms with E-state index in [0.717, 1.165) is 10.5 Å². The first-order chi connectivity index (χ1) is 6.76. The van der Waals surface area contributed by atoms with Gasteiger partial charge in [0.05, 0.1) is 6.61 Å². The minimum Gasteiger partial charge on any atom is -0.392 e. The van der Waals surface area contributed by atoms with Gasteiger partial charge < -0.3 is 5.11 Å². The summed E-state index contributed by atoms with van der Waals surface area (Å²) in [6.07, 6.45) is 2.06. The maximum Gasteiger partial charge on any atom is 0.0696 e. The highest BCUT2D eigenvalue weighted by atomic mass is 32.2. The van der Waals surface area contributed by atoms with Gasteiger partial charge in [-0.3, -0.25) is 0 Å². The van der Waals surface area contributed by atoms with E-state index in [0.29, 0.717) is 0 Å². The Morgan fingerprint density at radius 3 is 2.93 bits per heavy atom. The van der Waals surface area contributed by atoms with Crippen LogP contribution in [0, 0.1) is 0 Å². The number of fused-ring (bicyclic) bond motifs is 1. The van der Waals surface area contributed by atoms with Crippen molar-refractivity contribution in [3.05, 3.63) is 23.1 Å². The lowest BCUT2D eigenvalue weighted by Crippen LogP contribution is -1.83. The average molecular weight is 242 g/mol. The minimum atomic E-state index is 0.0826. The van der Waals surface area contributed by atoms with Gasteiger partial charge in [-0.1, -0.05) is 0 Å². The highest BCUT2D eigenvalue weighted by Crippen LogP contribution is 2.36. The summed E-state index contributed by atoms with van der Waals surface area (Å²) in [6.45, 7) is 0.0826. The molecule has 0 aliphatic rings. The zero-order valence-corrected chi connectivity index (χ0v) is 10.2. The molecule has 14 heavy (non-hydrogen) atoms. The van der Waals surface area contributed by atoms with Gasteiger partial charge in [0, 0.05) is 25.3 Å². The molecule has 0 aliphatic carbocycles. The lowest BCUT2D eigenvalue weighted by Gasteiger charge is -2.01. The van der Waals surface area contributed by atoms with Crippen molar-refractivity contribution in [3.63, 3.8) is 0 Å². The van der Waals surface area contributed by atoms with Crippen LogP contribution in [0.2, 0.25) is 0 Å². The van der Waals surface area contributed by atoms with Crippen molar-refractivity contribution in [1.82, 2.24) is 0 Å². The molecule has 0 unspecified atom stereocenters. The smallest absolute Gasteiger partial charge is 0.0696 e. The number of thiol groups is 1. The summed E-state index contributed by atoms with van der Waals surface area (Å²) in [5, 5.41) is 12.5. The van der Waals surface area contributed by atoms with Gasteiger partial charge >= 0.3 is 0 Å². The number of aliphatic hydroxyl groups excluding tert-OH is 1. The summed E-state index contributed by atoms with van der Waals surface area (Å²) in [5.74, 6) is 0. The van der Waals surface area contributed by atoms with Crippen LogP contribution in [0.4, 0.5) is 0 Å². The van der Waals surface area contributed by atoms with E-state index in [2.05, 4.69) is 30.3 Å². The summed E-state index contributed by atoms with van der Waals surface area (Å²) in [7, 11) is 0. The molecule has 2 rings (SSSR count). The number of rotatable bonds is 2. The van der Waals surface area contributed by atoms with Crippen molar-refractivity contribution in [2.75, 3.05) is 6.26 Å². The fourth-order valence-electron chi connectivity index (χ4n) is 1.45. The topological polar surface area (TPSA) is 20.2 Å². The Bertz CT molecular complexity index is 462. The molecule has 0 spiro atoms. The third kappa shape index (κ3) is 1.67. The first kappa shape index (κ1) is 10.4. The SMILES string of the molecule is CSc1csc2c(CO)cc(S)cc12. The van der Waals surface area contributed by atoms with Crippen LogP contribution < -0.4 is 0 Å². The highest BCUT2D eigenvalue weighted by molar-refractivity contribution is 7.99. The van der Waals surface area contributed by atoms with E-state index in [1.54, 1.807) is 23.1 Å². The number of hydrogen-bond acceptors (Lipinski definition) is 4. The maximum atomic E-state index is 9.21.